The largest absolute Gasteiger partial charge is 0.463 e. The Morgan fingerprint density at radius 2 is 1.85 bits per heavy atom. The highest BCUT2D eigenvalue weighted by Gasteiger charge is 2.38. The van der Waals surface area contributed by atoms with Gasteiger partial charge in [-0.1, -0.05) is 13.8 Å². The van der Waals surface area contributed by atoms with Gasteiger partial charge in [-0.3, -0.25) is 9.59 Å². The van der Waals surface area contributed by atoms with E-state index in [4.69, 9.17) is 18.9 Å². The zero-order valence-corrected chi connectivity index (χ0v) is 12.8. The molecule has 0 amide bonds. The van der Waals surface area contributed by atoms with Gasteiger partial charge < -0.3 is 18.9 Å². The van der Waals surface area contributed by atoms with Crippen molar-refractivity contribution in [3.05, 3.63) is 0 Å². The molecule has 1 aliphatic heterocycles. The smallest absolute Gasteiger partial charge is 0.302 e. The van der Waals surface area contributed by atoms with Crippen molar-refractivity contribution in [2.75, 3.05) is 13.7 Å². The summed E-state index contributed by atoms with van der Waals surface area (Å²) in [7, 11) is 1.57. The van der Waals surface area contributed by atoms with Gasteiger partial charge in [-0.25, -0.2) is 0 Å². The lowest BCUT2D eigenvalue weighted by atomic mass is 9.92. The van der Waals surface area contributed by atoms with E-state index in [0.717, 1.165) is 0 Å². The van der Waals surface area contributed by atoms with Crippen molar-refractivity contribution in [1.29, 1.82) is 0 Å². The van der Waals surface area contributed by atoms with Gasteiger partial charge in [-0.05, 0) is 6.42 Å². The molecule has 5 atom stereocenters. The molecule has 116 valence electrons. The molecule has 0 aliphatic carbocycles. The maximum absolute atomic E-state index is 11.2. The summed E-state index contributed by atoms with van der Waals surface area (Å²) in [5.74, 6) is -0.692. The van der Waals surface area contributed by atoms with Crippen LogP contribution >= 0.6 is 0 Å². The van der Waals surface area contributed by atoms with Crippen LogP contribution in [0.5, 0.6) is 0 Å². The Hall–Kier alpha value is -1.14. The Balaban J connectivity index is 2.82. The first-order valence-corrected chi connectivity index (χ1v) is 6.84. The number of carbonyl (C=O) groups excluding carboxylic acids is 2. The fraction of sp³-hybridized carbons (Fsp3) is 0.857. The molecule has 4 unspecified atom stereocenters. The second kappa shape index (κ2) is 7.59. The van der Waals surface area contributed by atoms with Crippen LogP contribution in [0, 0.1) is 11.8 Å². The maximum atomic E-state index is 11.2. The first-order chi connectivity index (χ1) is 9.35. The SMILES string of the molecule is CO[C@H]1OC(COC(C)=O)C(C)C(OC(C)=O)CC1C. The zero-order valence-electron chi connectivity index (χ0n) is 12.8. The van der Waals surface area contributed by atoms with Crippen LogP contribution in [0.3, 0.4) is 0 Å². The highest BCUT2D eigenvalue weighted by Crippen LogP contribution is 2.30. The third-order valence-corrected chi connectivity index (χ3v) is 3.55. The van der Waals surface area contributed by atoms with E-state index in [9.17, 15) is 9.59 Å². The summed E-state index contributed by atoms with van der Waals surface area (Å²) in [5, 5.41) is 0. The molecule has 0 bridgehead atoms. The number of hydrogen-bond acceptors (Lipinski definition) is 6. The van der Waals surface area contributed by atoms with E-state index in [1.54, 1.807) is 7.11 Å². The Bertz CT molecular complexity index is 343. The van der Waals surface area contributed by atoms with E-state index in [-0.39, 0.29) is 42.6 Å². The average molecular weight is 288 g/mol. The van der Waals surface area contributed by atoms with Gasteiger partial charge in [-0.15, -0.1) is 0 Å². The van der Waals surface area contributed by atoms with E-state index >= 15 is 0 Å². The summed E-state index contributed by atoms with van der Waals surface area (Å²) >= 11 is 0. The topological polar surface area (TPSA) is 71.1 Å². The van der Waals surface area contributed by atoms with Gasteiger partial charge in [-0.2, -0.15) is 0 Å². The van der Waals surface area contributed by atoms with Crippen molar-refractivity contribution in [3.63, 3.8) is 0 Å². The van der Waals surface area contributed by atoms with Crippen molar-refractivity contribution in [2.45, 2.75) is 52.6 Å². The van der Waals surface area contributed by atoms with Gasteiger partial charge in [0.25, 0.3) is 0 Å². The molecular formula is C14H24O6. The van der Waals surface area contributed by atoms with Crippen LogP contribution in [0.15, 0.2) is 0 Å². The number of rotatable bonds is 4. The predicted molar refractivity (Wildman–Crippen MR) is 70.8 cm³/mol. The maximum Gasteiger partial charge on any atom is 0.302 e. The van der Waals surface area contributed by atoms with Crippen LogP contribution in [-0.4, -0.2) is 44.2 Å². The number of esters is 2. The van der Waals surface area contributed by atoms with Crippen LogP contribution < -0.4 is 0 Å². The predicted octanol–water partition coefficient (Wildman–Crippen LogP) is 1.51. The van der Waals surface area contributed by atoms with Crippen molar-refractivity contribution in [2.24, 2.45) is 11.8 Å². The van der Waals surface area contributed by atoms with Crippen molar-refractivity contribution in [1.82, 2.24) is 0 Å². The lowest BCUT2D eigenvalue weighted by Crippen LogP contribution is -2.37. The molecule has 0 spiro atoms. The first-order valence-electron chi connectivity index (χ1n) is 6.84. The van der Waals surface area contributed by atoms with Crippen LogP contribution in [-0.2, 0) is 28.5 Å². The van der Waals surface area contributed by atoms with Crippen LogP contribution in [0.2, 0.25) is 0 Å². The fourth-order valence-electron chi connectivity index (χ4n) is 2.41. The van der Waals surface area contributed by atoms with Crippen LogP contribution in [0.25, 0.3) is 0 Å². The summed E-state index contributed by atoms with van der Waals surface area (Å²) in [6, 6.07) is 0. The summed E-state index contributed by atoms with van der Waals surface area (Å²) in [6.07, 6.45) is -0.393. The molecule has 1 rings (SSSR count). The second-order valence-corrected chi connectivity index (χ2v) is 5.30. The Labute approximate surface area is 119 Å². The van der Waals surface area contributed by atoms with E-state index < -0.39 is 6.29 Å². The van der Waals surface area contributed by atoms with Crippen molar-refractivity contribution in [3.8, 4) is 0 Å². The summed E-state index contributed by atoms with van der Waals surface area (Å²) in [6.45, 7) is 6.76. The van der Waals surface area contributed by atoms with Crippen molar-refractivity contribution >= 4 is 11.9 Å². The zero-order chi connectivity index (χ0) is 15.3. The molecular weight excluding hydrogens is 264 g/mol. The molecule has 0 aromatic rings. The monoisotopic (exact) mass is 288 g/mol. The summed E-state index contributed by atoms with van der Waals surface area (Å²) in [5.41, 5.74) is 0. The molecule has 0 saturated carbocycles. The minimum Gasteiger partial charge on any atom is -0.463 e. The molecule has 6 nitrogen and oxygen atoms in total. The highest BCUT2D eigenvalue weighted by atomic mass is 16.7. The van der Waals surface area contributed by atoms with Crippen LogP contribution in [0.4, 0.5) is 0 Å². The van der Waals surface area contributed by atoms with Crippen LogP contribution in [0.1, 0.15) is 34.1 Å². The fourth-order valence-corrected chi connectivity index (χ4v) is 2.41. The Morgan fingerprint density at radius 3 is 2.35 bits per heavy atom. The van der Waals surface area contributed by atoms with Crippen molar-refractivity contribution < 1.29 is 28.5 Å². The molecule has 20 heavy (non-hydrogen) atoms. The highest BCUT2D eigenvalue weighted by molar-refractivity contribution is 5.66. The second-order valence-electron chi connectivity index (χ2n) is 5.30. The molecule has 0 aromatic carbocycles. The van der Waals surface area contributed by atoms with Gasteiger partial charge >= 0.3 is 11.9 Å². The minimum absolute atomic E-state index is 0.0779. The Morgan fingerprint density at radius 1 is 1.20 bits per heavy atom. The molecule has 0 aromatic heterocycles. The molecule has 0 radical (unpaired) electrons. The third kappa shape index (κ3) is 4.76. The van der Waals surface area contributed by atoms with E-state index in [0.29, 0.717) is 6.42 Å². The van der Waals surface area contributed by atoms with Gasteiger partial charge in [0.2, 0.25) is 0 Å². The standard InChI is InChI=1S/C14H24O6/c1-8-6-12(19-11(4)16)9(2)13(7-18-10(3)15)20-14(8)17-5/h8-9,12-14H,6-7H2,1-5H3/t8?,9?,12?,13?,14-/m0/s1. The Kier molecular flexibility index (Phi) is 6.42. The number of carbonyl (C=O) groups is 2. The number of ether oxygens (including phenoxy) is 4. The van der Waals surface area contributed by atoms with E-state index in [1.807, 2.05) is 13.8 Å². The van der Waals surface area contributed by atoms with E-state index in [1.165, 1.54) is 13.8 Å². The molecule has 1 fully saturated rings. The third-order valence-electron chi connectivity index (χ3n) is 3.55. The lowest BCUT2D eigenvalue weighted by Gasteiger charge is -2.27. The van der Waals surface area contributed by atoms with Gasteiger partial charge in [0.1, 0.15) is 18.8 Å². The number of hydrogen-bond donors (Lipinski definition) is 0. The number of methoxy groups -OCH3 is 1. The van der Waals surface area contributed by atoms with E-state index in [2.05, 4.69) is 0 Å². The summed E-state index contributed by atoms with van der Waals surface area (Å²) < 4.78 is 21.6. The molecule has 1 heterocycles. The van der Waals surface area contributed by atoms with Gasteiger partial charge in [0.15, 0.2) is 6.29 Å². The minimum atomic E-state index is -0.404. The summed E-state index contributed by atoms with van der Waals surface area (Å²) in [4.78, 5) is 22.2. The average Bonchev–Trinajstić information content (AvgIpc) is 2.46. The van der Waals surface area contributed by atoms with Gasteiger partial charge in [0.05, 0.1) is 0 Å². The molecule has 6 heteroatoms. The van der Waals surface area contributed by atoms with Gasteiger partial charge in [0, 0.05) is 32.8 Å². The lowest BCUT2D eigenvalue weighted by molar-refractivity contribution is -0.195. The first kappa shape index (κ1) is 16.9. The quantitative estimate of drug-likeness (QED) is 0.730. The molecule has 1 saturated heterocycles. The molecule has 1 aliphatic rings. The normalized spacial score (nSPS) is 34.1. The molecule has 0 N–H and O–H groups in total.